The van der Waals surface area contributed by atoms with E-state index < -0.39 is 7.12 Å². The van der Waals surface area contributed by atoms with Crippen molar-refractivity contribution in [2.24, 2.45) is 5.92 Å². The molecule has 0 unspecified atom stereocenters. The molecule has 1 heterocycles. The molecule has 0 atom stereocenters. The minimum Gasteiger partial charge on any atom is -0.423 e. The average molecular weight is 281 g/mol. The second-order valence-corrected chi connectivity index (χ2v) is 5.40. The van der Waals surface area contributed by atoms with Crippen LogP contribution in [0.3, 0.4) is 0 Å². The molecule has 1 fully saturated rings. The molecule has 1 saturated heterocycles. The first-order valence-electron chi connectivity index (χ1n) is 6.96. The molecule has 6 heteroatoms. The van der Waals surface area contributed by atoms with E-state index in [1.54, 1.807) is 19.2 Å². The average Bonchev–Trinajstić information content (AvgIpc) is 2.43. The Bertz CT molecular complexity index is 436. The van der Waals surface area contributed by atoms with E-state index in [9.17, 15) is 4.39 Å². The van der Waals surface area contributed by atoms with E-state index >= 15 is 0 Å². The summed E-state index contributed by atoms with van der Waals surface area (Å²) in [6, 6.07) is 4.38. The number of piperidine rings is 1. The van der Waals surface area contributed by atoms with Crippen LogP contribution < -0.4 is 5.46 Å². The van der Waals surface area contributed by atoms with E-state index in [1.165, 1.54) is 6.07 Å². The number of likely N-dealkylation sites (tertiary alicyclic amines) is 1. The Balaban J connectivity index is 1.91. The first-order chi connectivity index (χ1) is 9.60. The van der Waals surface area contributed by atoms with Crippen molar-refractivity contribution in [3.8, 4) is 0 Å². The van der Waals surface area contributed by atoms with Gasteiger partial charge in [0.2, 0.25) is 0 Å². The van der Waals surface area contributed by atoms with Crippen molar-refractivity contribution in [3.63, 3.8) is 0 Å². The fourth-order valence-electron chi connectivity index (χ4n) is 2.64. The molecule has 110 valence electrons. The largest absolute Gasteiger partial charge is 0.488 e. The second kappa shape index (κ2) is 7.17. The smallest absolute Gasteiger partial charge is 0.423 e. The van der Waals surface area contributed by atoms with Gasteiger partial charge in [-0.25, -0.2) is 4.39 Å². The molecule has 0 amide bonds. The highest BCUT2D eigenvalue weighted by molar-refractivity contribution is 6.58. The van der Waals surface area contributed by atoms with Crippen molar-refractivity contribution in [1.82, 2.24) is 4.90 Å². The Morgan fingerprint density at radius 3 is 2.60 bits per heavy atom. The predicted octanol–water partition coefficient (Wildman–Crippen LogP) is 0.364. The molecular formula is C14H21BFNO3. The van der Waals surface area contributed by atoms with E-state index in [0.717, 1.165) is 32.5 Å². The van der Waals surface area contributed by atoms with Gasteiger partial charge in [0.05, 0.1) is 0 Å². The highest BCUT2D eigenvalue weighted by Crippen LogP contribution is 2.19. The Labute approximate surface area is 119 Å². The minimum absolute atomic E-state index is 0.185. The van der Waals surface area contributed by atoms with Gasteiger partial charge in [-0.1, -0.05) is 12.1 Å². The molecule has 4 nitrogen and oxygen atoms in total. The maximum absolute atomic E-state index is 13.9. The van der Waals surface area contributed by atoms with Crippen molar-refractivity contribution >= 4 is 12.6 Å². The topological polar surface area (TPSA) is 52.9 Å². The molecule has 0 saturated carbocycles. The van der Waals surface area contributed by atoms with Crippen LogP contribution in [-0.2, 0) is 11.3 Å². The lowest BCUT2D eigenvalue weighted by Gasteiger charge is -2.31. The third kappa shape index (κ3) is 4.02. The first-order valence-corrected chi connectivity index (χ1v) is 6.96. The van der Waals surface area contributed by atoms with E-state index in [4.69, 9.17) is 14.8 Å². The molecule has 1 aliphatic heterocycles. The van der Waals surface area contributed by atoms with Crippen LogP contribution >= 0.6 is 0 Å². The Hall–Kier alpha value is -0.945. The normalized spacial score (nSPS) is 17.4. The molecular weight excluding hydrogens is 260 g/mol. The van der Waals surface area contributed by atoms with Crippen LogP contribution in [0.4, 0.5) is 4.39 Å². The zero-order chi connectivity index (χ0) is 14.5. The molecule has 20 heavy (non-hydrogen) atoms. The van der Waals surface area contributed by atoms with Gasteiger partial charge < -0.3 is 14.8 Å². The van der Waals surface area contributed by atoms with Crippen molar-refractivity contribution in [2.45, 2.75) is 19.4 Å². The molecule has 0 aliphatic carbocycles. The lowest BCUT2D eigenvalue weighted by atomic mass is 9.80. The molecule has 1 aromatic rings. The zero-order valence-electron chi connectivity index (χ0n) is 11.8. The van der Waals surface area contributed by atoms with Gasteiger partial charge in [0, 0.05) is 25.8 Å². The monoisotopic (exact) mass is 281 g/mol. The highest BCUT2D eigenvalue weighted by atomic mass is 19.1. The van der Waals surface area contributed by atoms with E-state index in [2.05, 4.69) is 4.90 Å². The Kier molecular flexibility index (Phi) is 5.54. The molecule has 0 spiro atoms. The lowest BCUT2D eigenvalue weighted by Crippen LogP contribution is -2.35. The maximum atomic E-state index is 13.9. The SMILES string of the molecule is COCC1CCN(Cc2ccc(B(O)O)cc2F)CC1. The molecule has 1 aromatic carbocycles. The molecule has 2 rings (SSSR count). The third-order valence-corrected chi connectivity index (χ3v) is 3.88. The predicted molar refractivity (Wildman–Crippen MR) is 76.1 cm³/mol. The quantitative estimate of drug-likeness (QED) is 0.765. The standard InChI is InChI=1S/C14H21BFNO3/c1-20-10-11-4-6-17(7-5-11)9-12-2-3-13(15(18)19)8-14(12)16/h2-3,8,11,18-19H,4-7,9-10H2,1H3. The van der Waals surface area contributed by atoms with Crippen molar-refractivity contribution < 1.29 is 19.2 Å². The second-order valence-electron chi connectivity index (χ2n) is 5.40. The fraction of sp³-hybridized carbons (Fsp3) is 0.571. The summed E-state index contributed by atoms with van der Waals surface area (Å²) in [6.07, 6.45) is 2.14. The van der Waals surface area contributed by atoms with Crippen molar-refractivity contribution in [3.05, 3.63) is 29.6 Å². The van der Waals surface area contributed by atoms with Crippen LogP contribution in [0, 0.1) is 11.7 Å². The van der Waals surface area contributed by atoms with Gasteiger partial charge in [-0.05, 0) is 43.4 Å². The highest BCUT2D eigenvalue weighted by Gasteiger charge is 2.20. The third-order valence-electron chi connectivity index (χ3n) is 3.88. The molecule has 0 bridgehead atoms. The Morgan fingerprint density at radius 1 is 1.35 bits per heavy atom. The summed E-state index contributed by atoms with van der Waals surface area (Å²) >= 11 is 0. The first kappa shape index (κ1) is 15.4. The fourth-order valence-corrected chi connectivity index (χ4v) is 2.64. The number of methoxy groups -OCH3 is 1. The summed E-state index contributed by atoms with van der Waals surface area (Å²) in [5.41, 5.74) is 0.782. The van der Waals surface area contributed by atoms with E-state index in [-0.39, 0.29) is 11.3 Å². The van der Waals surface area contributed by atoms with Gasteiger partial charge in [0.15, 0.2) is 0 Å². The van der Waals surface area contributed by atoms with Crippen LogP contribution in [0.2, 0.25) is 0 Å². The number of ether oxygens (including phenoxy) is 1. The number of halogens is 1. The number of hydrogen-bond donors (Lipinski definition) is 2. The number of benzene rings is 1. The molecule has 0 radical (unpaired) electrons. The number of hydrogen-bond acceptors (Lipinski definition) is 4. The lowest BCUT2D eigenvalue weighted by molar-refractivity contribution is 0.0964. The van der Waals surface area contributed by atoms with Gasteiger partial charge in [-0.3, -0.25) is 4.90 Å². The van der Waals surface area contributed by atoms with Crippen LogP contribution in [-0.4, -0.2) is 48.9 Å². The van der Waals surface area contributed by atoms with Gasteiger partial charge in [0.25, 0.3) is 0 Å². The van der Waals surface area contributed by atoms with E-state index in [0.29, 0.717) is 18.0 Å². The van der Waals surface area contributed by atoms with Crippen molar-refractivity contribution in [2.75, 3.05) is 26.8 Å². The van der Waals surface area contributed by atoms with Crippen LogP contribution in [0.5, 0.6) is 0 Å². The van der Waals surface area contributed by atoms with Gasteiger partial charge in [0.1, 0.15) is 5.82 Å². The van der Waals surface area contributed by atoms with Crippen molar-refractivity contribution in [1.29, 1.82) is 0 Å². The van der Waals surface area contributed by atoms with Crippen LogP contribution in [0.1, 0.15) is 18.4 Å². The number of rotatable bonds is 5. The maximum Gasteiger partial charge on any atom is 0.488 e. The van der Waals surface area contributed by atoms with Gasteiger partial charge in [-0.15, -0.1) is 0 Å². The summed E-state index contributed by atoms with van der Waals surface area (Å²) in [6.45, 7) is 3.24. The summed E-state index contributed by atoms with van der Waals surface area (Å²) in [4.78, 5) is 2.22. The van der Waals surface area contributed by atoms with E-state index in [1.807, 2.05) is 0 Å². The summed E-state index contributed by atoms with van der Waals surface area (Å²) in [7, 11) is 0.0992. The van der Waals surface area contributed by atoms with Crippen LogP contribution in [0.25, 0.3) is 0 Å². The van der Waals surface area contributed by atoms with Gasteiger partial charge >= 0.3 is 7.12 Å². The molecule has 1 aliphatic rings. The summed E-state index contributed by atoms with van der Waals surface area (Å²) < 4.78 is 19.1. The molecule has 2 N–H and O–H groups in total. The zero-order valence-corrected chi connectivity index (χ0v) is 11.8. The minimum atomic E-state index is -1.62. The van der Waals surface area contributed by atoms with Crippen LogP contribution in [0.15, 0.2) is 18.2 Å². The summed E-state index contributed by atoms with van der Waals surface area (Å²) in [5, 5.41) is 18.0. The number of nitrogens with zero attached hydrogens (tertiary/aromatic N) is 1. The summed E-state index contributed by atoms with van der Waals surface area (Å²) in [5.74, 6) is 0.225. The van der Waals surface area contributed by atoms with Gasteiger partial charge in [-0.2, -0.15) is 0 Å². The Morgan fingerprint density at radius 2 is 2.05 bits per heavy atom. The molecule has 0 aromatic heterocycles.